The molecular weight excluding hydrogens is 184 g/mol. The first-order chi connectivity index (χ1) is 6.27. The van der Waals surface area contributed by atoms with E-state index in [0.717, 1.165) is 10.7 Å². The third kappa shape index (κ3) is 2.79. The van der Waals surface area contributed by atoms with E-state index < -0.39 is 0 Å². The number of hydrogen-bond acceptors (Lipinski definition) is 4. The van der Waals surface area contributed by atoms with Gasteiger partial charge in [-0.2, -0.15) is 5.26 Å². The molecule has 0 aromatic carbocycles. The van der Waals surface area contributed by atoms with Crippen LogP contribution in [-0.4, -0.2) is 11.6 Å². The Labute approximate surface area is 82.0 Å². The van der Waals surface area contributed by atoms with Gasteiger partial charge >= 0.3 is 0 Å². The van der Waals surface area contributed by atoms with Crippen LogP contribution in [0.2, 0.25) is 0 Å². The number of hydrogen-bond donors (Lipinski definition) is 0. The van der Waals surface area contributed by atoms with Crippen molar-refractivity contribution in [2.45, 2.75) is 26.4 Å². The molecule has 0 unspecified atom stereocenters. The standard InChI is InChI=1S/C9H12N2OS/c1-3-12-7(2)9-11-8(4-5-10)6-13-9/h6-7H,3-4H2,1-2H3/t7-/m1/s1. The lowest BCUT2D eigenvalue weighted by Gasteiger charge is -2.06. The Kier molecular flexibility index (Phi) is 3.87. The zero-order chi connectivity index (χ0) is 9.68. The van der Waals surface area contributed by atoms with Gasteiger partial charge in [-0.1, -0.05) is 0 Å². The molecule has 0 aliphatic heterocycles. The van der Waals surface area contributed by atoms with E-state index in [-0.39, 0.29) is 6.10 Å². The minimum atomic E-state index is 0.0439. The van der Waals surface area contributed by atoms with Crippen LogP contribution in [0.4, 0.5) is 0 Å². The molecule has 0 bridgehead atoms. The number of thiazole rings is 1. The van der Waals surface area contributed by atoms with Crippen molar-refractivity contribution in [3.8, 4) is 6.07 Å². The highest BCUT2D eigenvalue weighted by molar-refractivity contribution is 7.09. The van der Waals surface area contributed by atoms with Gasteiger partial charge in [0.05, 0.1) is 18.2 Å². The second-order valence-corrected chi connectivity index (χ2v) is 3.50. The van der Waals surface area contributed by atoms with Gasteiger partial charge < -0.3 is 4.74 Å². The topological polar surface area (TPSA) is 45.9 Å². The molecule has 1 rings (SSSR count). The van der Waals surface area contributed by atoms with Crippen LogP contribution in [0.1, 0.15) is 30.7 Å². The summed E-state index contributed by atoms with van der Waals surface area (Å²) >= 11 is 1.55. The van der Waals surface area contributed by atoms with Gasteiger partial charge in [0.2, 0.25) is 0 Å². The first-order valence-electron chi connectivity index (χ1n) is 4.20. The molecule has 0 saturated carbocycles. The molecule has 1 atom stereocenters. The summed E-state index contributed by atoms with van der Waals surface area (Å²) in [6.07, 6.45) is 0.428. The zero-order valence-electron chi connectivity index (χ0n) is 7.78. The Morgan fingerprint density at radius 2 is 2.54 bits per heavy atom. The van der Waals surface area contributed by atoms with E-state index >= 15 is 0 Å². The Bertz CT molecular complexity index is 303. The average molecular weight is 196 g/mol. The highest BCUT2D eigenvalue weighted by Gasteiger charge is 2.09. The molecule has 1 aromatic rings. The molecule has 1 aromatic heterocycles. The van der Waals surface area contributed by atoms with Crippen molar-refractivity contribution in [1.29, 1.82) is 5.26 Å². The smallest absolute Gasteiger partial charge is 0.122 e. The van der Waals surface area contributed by atoms with Gasteiger partial charge in [0, 0.05) is 12.0 Å². The van der Waals surface area contributed by atoms with Crippen LogP contribution in [0.15, 0.2) is 5.38 Å². The fraction of sp³-hybridized carbons (Fsp3) is 0.556. The fourth-order valence-corrected chi connectivity index (χ4v) is 1.82. The summed E-state index contributed by atoms with van der Waals surface area (Å²) in [6.45, 7) is 4.62. The van der Waals surface area contributed by atoms with Crippen LogP contribution in [0.25, 0.3) is 0 Å². The van der Waals surface area contributed by atoms with Crippen molar-refractivity contribution in [2.24, 2.45) is 0 Å². The summed E-state index contributed by atoms with van der Waals surface area (Å²) in [5.74, 6) is 0. The van der Waals surface area contributed by atoms with Crippen LogP contribution in [0, 0.1) is 11.3 Å². The molecule has 3 nitrogen and oxygen atoms in total. The quantitative estimate of drug-likeness (QED) is 0.742. The number of rotatable bonds is 4. The average Bonchev–Trinajstić information content (AvgIpc) is 2.54. The van der Waals surface area contributed by atoms with Crippen molar-refractivity contribution in [3.63, 3.8) is 0 Å². The number of nitriles is 1. The van der Waals surface area contributed by atoms with Crippen molar-refractivity contribution >= 4 is 11.3 Å². The van der Waals surface area contributed by atoms with Crippen molar-refractivity contribution in [1.82, 2.24) is 4.98 Å². The normalized spacial score (nSPS) is 12.4. The maximum atomic E-state index is 8.45. The monoisotopic (exact) mass is 196 g/mol. The molecule has 0 amide bonds. The molecule has 1 heterocycles. The van der Waals surface area contributed by atoms with Crippen molar-refractivity contribution < 1.29 is 4.74 Å². The molecule has 4 heteroatoms. The summed E-state index contributed by atoms with van der Waals surface area (Å²) in [4.78, 5) is 4.29. The summed E-state index contributed by atoms with van der Waals surface area (Å²) in [5.41, 5.74) is 0.842. The first-order valence-corrected chi connectivity index (χ1v) is 5.08. The Balaban J connectivity index is 2.63. The van der Waals surface area contributed by atoms with E-state index in [2.05, 4.69) is 11.1 Å². The maximum absolute atomic E-state index is 8.45. The number of ether oxygens (including phenoxy) is 1. The van der Waals surface area contributed by atoms with Gasteiger partial charge in [0.15, 0.2) is 0 Å². The van der Waals surface area contributed by atoms with Crippen LogP contribution < -0.4 is 0 Å². The van der Waals surface area contributed by atoms with E-state index in [1.54, 1.807) is 11.3 Å². The number of aromatic nitrogens is 1. The third-order valence-electron chi connectivity index (χ3n) is 1.59. The van der Waals surface area contributed by atoms with Gasteiger partial charge in [-0.05, 0) is 13.8 Å². The zero-order valence-corrected chi connectivity index (χ0v) is 8.60. The molecule has 0 aliphatic carbocycles. The maximum Gasteiger partial charge on any atom is 0.122 e. The van der Waals surface area contributed by atoms with E-state index in [4.69, 9.17) is 10.00 Å². The molecular formula is C9H12N2OS. The highest BCUT2D eigenvalue weighted by atomic mass is 32.1. The van der Waals surface area contributed by atoms with Gasteiger partial charge in [-0.25, -0.2) is 4.98 Å². The number of nitrogens with zero attached hydrogens (tertiary/aromatic N) is 2. The minimum absolute atomic E-state index is 0.0439. The second kappa shape index (κ2) is 4.95. The van der Waals surface area contributed by atoms with Crippen molar-refractivity contribution in [3.05, 3.63) is 16.1 Å². The first kappa shape index (κ1) is 10.2. The molecule has 13 heavy (non-hydrogen) atoms. The van der Waals surface area contributed by atoms with Crippen LogP contribution in [-0.2, 0) is 11.2 Å². The molecule has 70 valence electrons. The van der Waals surface area contributed by atoms with Crippen molar-refractivity contribution in [2.75, 3.05) is 6.61 Å². The predicted octanol–water partition coefficient (Wildman–Crippen LogP) is 2.31. The molecule has 0 fully saturated rings. The Morgan fingerprint density at radius 3 is 3.15 bits per heavy atom. The van der Waals surface area contributed by atoms with E-state index in [0.29, 0.717) is 13.0 Å². The lowest BCUT2D eigenvalue weighted by Crippen LogP contribution is -1.98. The van der Waals surface area contributed by atoms with E-state index in [9.17, 15) is 0 Å². The van der Waals surface area contributed by atoms with Gasteiger partial charge in [0.1, 0.15) is 11.1 Å². The predicted molar refractivity (Wildman–Crippen MR) is 51.5 cm³/mol. The summed E-state index contributed by atoms with van der Waals surface area (Å²) < 4.78 is 5.38. The van der Waals surface area contributed by atoms with Crippen LogP contribution in [0.5, 0.6) is 0 Å². The van der Waals surface area contributed by atoms with E-state index in [1.807, 2.05) is 19.2 Å². The van der Waals surface area contributed by atoms with Gasteiger partial charge in [-0.3, -0.25) is 0 Å². The molecule has 0 saturated heterocycles. The molecule has 0 radical (unpaired) electrons. The molecule has 0 spiro atoms. The van der Waals surface area contributed by atoms with Crippen LogP contribution in [0.3, 0.4) is 0 Å². The Morgan fingerprint density at radius 1 is 1.77 bits per heavy atom. The largest absolute Gasteiger partial charge is 0.372 e. The summed E-state index contributed by atoms with van der Waals surface area (Å²) in [7, 11) is 0. The van der Waals surface area contributed by atoms with Gasteiger partial charge in [-0.15, -0.1) is 11.3 Å². The molecule has 0 N–H and O–H groups in total. The van der Waals surface area contributed by atoms with E-state index in [1.165, 1.54) is 0 Å². The lowest BCUT2D eigenvalue weighted by atomic mass is 10.3. The molecule has 0 aliphatic rings. The third-order valence-corrected chi connectivity index (χ3v) is 2.65. The summed E-state index contributed by atoms with van der Waals surface area (Å²) in [5, 5.41) is 11.3. The summed E-state index contributed by atoms with van der Waals surface area (Å²) in [6, 6.07) is 2.07. The van der Waals surface area contributed by atoms with Crippen LogP contribution >= 0.6 is 11.3 Å². The SMILES string of the molecule is CCO[C@H](C)c1nc(CC#N)cs1. The highest BCUT2D eigenvalue weighted by Crippen LogP contribution is 2.20. The second-order valence-electron chi connectivity index (χ2n) is 2.61. The van der Waals surface area contributed by atoms with Gasteiger partial charge in [0.25, 0.3) is 0 Å². The lowest BCUT2D eigenvalue weighted by molar-refractivity contribution is 0.0761. The fourth-order valence-electron chi connectivity index (χ4n) is 0.993. The minimum Gasteiger partial charge on any atom is -0.372 e. The Hall–Kier alpha value is -0.920.